The van der Waals surface area contributed by atoms with E-state index in [1.165, 1.54) is 18.3 Å². The molecule has 0 radical (unpaired) electrons. The number of hydrogen-bond acceptors (Lipinski definition) is 6. The number of anilines is 3. The first-order valence-electron chi connectivity index (χ1n) is 8.60. The summed E-state index contributed by atoms with van der Waals surface area (Å²) in [5.41, 5.74) is 1.11. The first-order valence-corrected chi connectivity index (χ1v) is 8.60. The van der Waals surface area contributed by atoms with E-state index in [2.05, 4.69) is 20.6 Å². The lowest BCUT2D eigenvalue weighted by molar-refractivity contribution is 0.0526. The Labute approximate surface area is 164 Å². The Balaban J connectivity index is 1.69. The molecule has 0 atom stereocenters. The fourth-order valence-corrected chi connectivity index (χ4v) is 2.35. The Morgan fingerprint density at radius 1 is 1.00 bits per heavy atom. The number of ether oxygens (including phenoxy) is 1. The highest BCUT2D eigenvalue weighted by Crippen LogP contribution is 2.16. The number of carbonyl (C=O) groups is 2. The summed E-state index contributed by atoms with van der Waals surface area (Å²) in [6, 6.07) is 10.9. The average Bonchev–Trinajstić information content (AvgIpc) is 2.72. The third kappa shape index (κ3) is 5.10. The Morgan fingerprint density at radius 3 is 2.41 bits per heavy atom. The highest BCUT2D eigenvalue weighted by atomic mass is 19.2. The van der Waals surface area contributed by atoms with Gasteiger partial charge in [-0.15, -0.1) is 0 Å². The van der Waals surface area contributed by atoms with Gasteiger partial charge < -0.3 is 15.4 Å². The van der Waals surface area contributed by atoms with Crippen LogP contribution in [-0.2, 0) is 4.74 Å². The number of rotatable bonds is 6. The largest absolute Gasteiger partial charge is 0.462 e. The van der Waals surface area contributed by atoms with Crippen molar-refractivity contribution in [1.82, 2.24) is 9.97 Å². The van der Waals surface area contributed by atoms with E-state index in [1.807, 2.05) is 0 Å². The average molecular weight is 398 g/mol. The summed E-state index contributed by atoms with van der Waals surface area (Å²) in [5, 5.41) is 5.35. The molecule has 7 nitrogen and oxygen atoms in total. The smallest absolute Gasteiger partial charge is 0.338 e. The predicted molar refractivity (Wildman–Crippen MR) is 102 cm³/mol. The molecule has 0 unspecified atom stereocenters. The van der Waals surface area contributed by atoms with Gasteiger partial charge in [-0.1, -0.05) is 0 Å². The third-order valence-electron chi connectivity index (χ3n) is 3.72. The summed E-state index contributed by atoms with van der Waals surface area (Å²) in [6.45, 7) is 2.01. The van der Waals surface area contributed by atoms with Crippen molar-refractivity contribution in [3.05, 3.63) is 77.6 Å². The van der Waals surface area contributed by atoms with E-state index in [1.54, 1.807) is 31.2 Å². The van der Waals surface area contributed by atoms with Crippen molar-refractivity contribution >= 4 is 29.2 Å². The van der Waals surface area contributed by atoms with E-state index in [0.717, 1.165) is 12.1 Å². The van der Waals surface area contributed by atoms with Gasteiger partial charge in [0.05, 0.1) is 12.2 Å². The minimum atomic E-state index is -1.07. The van der Waals surface area contributed by atoms with E-state index in [4.69, 9.17) is 4.74 Å². The maximum atomic E-state index is 13.3. The van der Waals surface area contributed by atoms with Crippen LogP contribution < -0.4 is 10.6 Å². The molecule has 1 aromatic heterocycles. The van der Waals surface area contributed by atoms with E-state index >= 15 is 0 Å². The Morgan fingerprint density at radius 2 is 1.72 bits per heavy atom. The SMILES string of the molecule is CCOC(=O)c1ccc(Nc2nccc(C(=O)Nc3ccc(F)c(F)c3)n2)cc1. The number of nitrogens with zero attached hydrogens (tertiary/aromatic N) is 2. The number of amides is 1. The Bertz CT molecular complexity index is 1040. The van der Waals surface area contributed by atoms with Crippen molar-refractivity contribution in [2.45, 2.75) is 6.92 Å². The highest BCUT2D eigenvalue weighted by Gasteiger charge is 2.12. The summed E-state index contributed by atoms with van der Waals surface area (Å²) >= 11 is 0. The summed E-state index contributed by atoms with van der Waals surface area (Å²) in [7, 11) is 0. The van der Waals surface area contributed by atoms with Crippen LogP contribution >= 0.6 is 0 Å². The molecule has 0 fully saturated rings. The molecular weight excluding hydrogens is 382 g/mol. The molecule has 3 aromatic rings. The van der Waals surface area contributed by atoms with Crippen LogP contribution in [0.15, 0.2) is 54.7 Å². The molecular formula is C20H16F2N4O3. The number of esters is 1. The molecule has 9 heteroatoms. The van der Waals surface area contributed by atoms with Gasteiger partial charge in [-0.05, 0) is 49.4 Å². The van der Waals surface area contributed by atoms with Crippen molar-refractivity contribution in [3.8, 4) is 0 Å². The maximum Gasteiger partial charge on any atom is 0.338 e. The molecule has 3 rings (SSSR count). The molecule has 0 aliphatic carbocycles. The van der Waals surface area contributed by atoms with Gasteiger partial charge in [0, 0.05) is 23.6 Å². The number of nitrogens with one attached hydrogen (secondary N) is 2. The zero-order valence-corrected chi connectivity index (χ0v) is 15.3. The minimum Gasteiger partial charge on any atom is -0.462 e. The second-order valence-electron chi connectivity index (χ2n) is 5.77. The fraction of sp³-hybridized carbons (Fsp3) is 0.100. The van der Waals surface area contributed by atoms with E-state index in [9.17, 15) is 18.4 Å². The highest BCUT2D eigenvalue weighted by molar-refractivity contribution is 6.03. The van der Waals surface area contributed by atoms with Gasteiger partial charge in [0.1, 0.15) is 5.69 Å². The van der Waals surface area contributed by atoms with Crippen LogP contribution in [0.3, 0.4) is 0 Å². The second-order valence-corrected chi connectivity index (χ2v) is 5.77. The molecule has 2 N–H and O–H groups in total. The van der Waals surface area contributed by atoms with Gasteiger partial charge in [0.25, 0.3) is 5.91 Å². The van der Waals surface area contributed by atoms with Crippen molar-refractivity contribution in [1.29, 1.82) is 0 Å². The first kappa shape index (κ1) is 19.9. The van der Waals surface area contributed by atoms with E-state index < -0.39 is 23.5 Å². The zero-order valence-electron chi connectivity index (χ0n) is 15.3. The quantitative estimate of drug-likeness (QED) is 0.611. The molecule has 0 spiro atoms. The normalized spacial score (nSPS) is 10.3. The number of hydrogen-bond donors (Lipinski definition) is 2. The van der Waals surface area contributed by atoms with Gasteiger partial charge in [0.15, 0.2) is 11.6 Å². The summed E-state index contributed by atoms with van der Waals surface area (Å²) < 4.78 is 31.2. The second kappa shape index (κ2) is 8.87. The monoisotopic (exact) mass is 398 g/mol. The molecule has 1 heterocycles. The van der Waals surface area contributed by atoms with Crippen molar-refractivity contribution in [2.24, 2.45) is 0 Å². The van der Waals surface area contributed by atoms with Crippen LogP contribution in [-0.4, -0.2) is 28.5 Å². The lowest BCUT2D eigenvalue weighted by Crippen LogP contribution is -2.15. The zero-order chi connectivity index (χ0) is 20.8. The number of benzene rings is 2. The Hall–Kier alpha value is -3.88. The topological polar surface area (TPSA) is 93.2 Å². The van der Waals surface area contributed by atoms with Crippen molar-refractivity contribution < 1.29 is 23.1 Å². The van der Waals surface area contributed by atoms with E-state index in [0.29, 0.717) is 11.3 Å². The molecule has 1 amide bonds. The van der Waals surface area contributed by atoms with Crippen LogP contribution in [0, 0.1) is 11.6 Å². The lowest BCUT2D eigenvalue weighted by atomic mass is 10.2. The van der Waals surface area contributed by atoms with Gasteiger partial charge in [-0.25, -0.2) is 23.5 Å². The molecule has 0 aliphatic heterocycles. The summed E-state index contributed by atoms with van der Waals surface area (Å²) in [6.07, 6.45) is 1.38. The fourth-order valence-electron chi connectivity index (χ4n) is 2.35. The van der Waals surface area contributed by atoms with Gasteiger partial charge >= 0.3 is 5.97 Å². The molecule has 0 saturated heterocycles. The van der Waals surface area contributed by atoms with Crippen LogP contribution in [0.2, 0.25) is 0 Å². The van der Waals surface area contributed by atoms with Crippen LogP contribution in [0.5, 0.6) is 0 Å². The Kier molecular flexibility index (Phi) is 6.08. The van der Waals surface area contributed by atoms with Crippen molar-refractivity contribution in [2.75, 3.05) is 17.2 Å². The minimum absolute atomic E-state index is 0.0235. The summed E-state index contributed by atoms with van der Waals surface area (Å²) in [4.78, 5) is 32.1. The summed E-state index contributed by atoms with van der Waals surface area (Å²) in [5.74, 6) is -2.97. The van der Waals surface area contributed by atoms with Gasteiger partial charge in [-0.3, -0.25) is 4.79 Å². The van der Waals surface area contributed by atoms with Gasteiger partial charge in [0.2, 0.25) is 5.95 Å². The predicted octanol–water partition coefficient (Wildman–Crippen LogP) is 3.93. The van der Waals surface area contributed by atoms with Crippen LogP contribution in [0.1, 0.15) is 27.8 Å². The van der Waals surface area contributed by atoms with Gasteiger partial charge in [-0.2, -0.15) is 0 Å². The standard InChI is InChI=1S/C20H16F2N4O3/c1-2-29-19(28)12-3-5-13(6-4-12)25-20-23-10-9-17(26-20)18(27)24-14-7-8-15(21)16(22)11-14/h3-11H,2H2,1H3,(H,24,27)(H,23,25,26). The third-order valence-corrected chi connectivity index (χ3v) is 3.72. The molecule has 2 aromatic carbocycles. The molecule has 0 bridgehead atoms. The number of halogens is 2. The molecule has 29 heavy (non-hydrogen) atoms. The van der Waals surface area contributed by atoms with Crippen molar-refractivity contribution in [3.63, 3.8) is 0 Å². The number of aromatic nitrogens is 2. The lowest BCUT2D eigenvalue weighted by Gasteiger charge is -2.08. The van der Waals surface area contributed by atoms with Crippen LogP contribution in [0.25, 0.3) is 0 Å². The van der Waals surface area contributed by atoms with Crippen LogP contribution in [0.4, 0.5) is 26.1 Å². The molecule has 0 saturated carbocycles. The maximum absolute atomic E-state index is 13.3. The molecule has 148 valence electrons. The number of carbonyl (C=O) groups excluding carboxylic acids is 2. The molecule has 0 aliphatic rings. The van der Waals surface area contributed by atoms with E-state index in [-0.39, 0.29) is 23.9 Å². The first-order chi connectivity index (χ1) is 14.0.